The number of methoxy groups -OCH3 is 1. The van der Waals surface area contributed by atoms with Gasteiger partial charge in [-0.25, -0.2) is 0 Å². The predicted octanol–water partition coefficient (Wildman–Crippen LogP) is 0.878. The Kier molecular flexibility index (Phi) is 5.88. The van der Waals surface area contributed by atoms with Crippen LogP contribution < -0.4 is 10.6 Å². The molecule has 106 valence electrons. The lowest BCUT2D eigenvalue weighted by atomic mass is 10.1. The molecule has 6 nitrogen and oxygen atoms in total. The lowest BCUT2D eigenvalue weighted by molar-refractivity contribution is 0.0695. The summed E-state index contributed by atoms with van der Waals surface area (Å²) in [6.07, 6.45) is -0.644. The number of ether oxygens (including phenoxy) is 1. The van der Waals surface area contributed by atoms with E-state index in [9.17, 15) is 5.11 Å². The number of hydrogen-bond acceptors (Lipinski definition) is 5. The fraction of sp³-hybridized carbons (Fsp3) is 0.417. The molecule has 0 radical (unpaired) electrons. The van der Waals surface area contributed by atoms with Crippen LogP contribution in [-0.2, 0) is 4.74 Å². The molecule has 0 heterocycles. The van der Waals surface area contributed by atoms with Gasteiger partial charge in [0.25, 0.3) is 0 Å². The van der Waals surface area contributed by atoms with E-state index in [4.69, 9.17) is 27.3 Å². The molecule has 0 aliphatic rings. The van der Waals surface area contributed by atoms with E-state index in [-0.39, 0.29) is 12.4 Å². The normalized spacial score (nSPS) is 13.4. The number of halogens is 1. The third-order valence-corrected chi connectivity index (χ3v) is 2.83. The molecule has 1 aromatic carbocycles. The zero-order valence-electron chi connectivity index (χ0n) is 10.9. The Hall–Kier alpha value is -1.50. The number of anilines is 1. The molecule has 1 atom stereocenters. The molecule has 19 heavy (non-hydrogen) atoms. The van der Waals surface area contributed by atoms with E-state index >= 15 is 0 Å². The van der Waals surface area contributed by atoms with E-state index in [0.29, 0.717) is 22.8 Å². The maximum Gasteiger partial charge on any atom is 0.172 e. The highest BCUT2D eigenvalue weighted by Crippen LogP contribution is 2.24. The molecule has 1 aromatic rings. The molecule has 4 N–H and O–H groups in total. The smallest absolute Gasteiger partial charge is 0.172 e. The van der Waals surface area contributed by atoms with E-state index in [1.165, 1.54) is 7.11 Å². The van der Waals surface area contributed by atoms with Crippen LogP contribution in [0.4, 0.5) is 5.69 Å². The van der Waals surface area contributed by atoms with Crippen LogP contribution in [0.25, 0.3) is 0 Å². The van der Waals surface area contributed by atoms with E-state index in [1.54, 1.807) is 30.1 Å². The Labute approximate surface area is 117 Å². The number of rotatable bonds is 6. The van der Waals surface area contributed by atoms with Crippen LogP contribution in [-0.4, -0.2) is 49.6 Å². The lowest BCUT2D eigenvalue weighted by Crippen LogP contribution is -2.33. The lowest BCUT2D eigenvalue weighted by Gasteiger charge is -2.24. The highest BCUT2D eigenvalue weighted by atomic mass is 35.5. The predicted molar refractivity (Wildman–Crippen MR) is 75.1 cm³/mol. The number of amidine groups is 1. The minimum atomic E-state index is -0.644. The SMILES string of the molecule is COCC(O)CN(C)c1cc(Cl)ccc1C(N)=NO. The maximum atomic E-state index is 9.73. The average Bonchev–Trinajstić information content (AvgIpc) is 2.37. The molecule has 0 saturated carbocycles. The first-order valence-corrected chi connectivity index (χ1v) is 6.03. The van der Waals surface area contributed by atoms with E-state index in [0.717, 1.165) is 0 Å². The molecule has 0 spiro atoms. The number of oxime groups is 1. The molecule has 0 aromatic heterocycles. The molecular weight excluding hydrogens is 270 g/mol. The van der Waals surface area contributed by atoms with Crippen molar-refractivity contribution in [2.75, 3.05) is 32.2 Å². The van der Waals surface area contributed by atoms with Gasteiger partial charge < -0.3 is 25.7 Å². The molecular formula is C12H18ClN3O3. The van der Waals surface area contributed by atoms with E-state index < -0.39 is 6.10 Å². The van der Waals surface area contributed by atoms with Crippen molar-refractivity contribution in [2.45, 2.75) is 6.10 Å². The second-order valence-electron chi connectivity index (χ2n) is 4.14. The van der Waals surface area contributed by atoms with Crippen LogP contribution in [0.5, 0.6) is 0 Å². The zero-order valence-corrected chi connectivity index (χ0v) is 11.6. The minimum absolute atomic E-state index is 0.0141. The van der Waals surface area contributed by atoms with Crippen molar-refractivity contribution in [3.8, 4) is 0 Å². The molecule has 0 aliphatic carbocycles. The fourth-order valence-electron chi connectivity index (χ4n) is 1.75. The second-order valence-corrected chi connectivity index (χ2v) is 4.57. The first kappa shape index (κ1) is 15.6. The van der Waals surface area contributed by atoms with Crippen molar-refractivity contribution >= 4 is 23.1 Å². The molecule has 1 rings (SSSR count). The summed E-state index contributed by atoms with van der Waals surface area (Å²) in [6.45, 7) is 0.559. The average molecular weight is 288 g/mol. The van der Waals surface area contributed by atoms with Crippen LogP contribution in [0.15, 0.2) is 23.4 Å². The number of hydrogen-bond donors (Lipinski definition) is 3. The first-order chi connectivity index (χ1) is 8.99. The van der Waals surface area contributed by atoms with Crippen molar-refractivity contribution in [3.05, 3.63) is 28.8 Å². The summed E-state index contributed by atoms with van der Waals surface area (Å²) in [4.78, 5) is 1.77. The van der Waals surface area contributed by atoms with Gasteiger partial charge in [-0.3, -0.25) is 0 Å². The number of likely N-dealkylation sites (N-methyl/N-ethyl adjacent to an activating group) is 1. The Morgan fingerprint density at radius 3 is 2.84 bits per heavy atom. The van der Waals surface area contributed by atoms with Crippen LogP contribution in [0.3, 0.4) is 0 Å². The number of nitrogens with zero attached hydrogens (tertiary/aromatic N) is 2. The topological polar surface area (TPSA) is 91.3 Å². The third kappa shape index (κ3) is 4.27. The molecule has 0 bridgehead atoms. The van der Waals surface area contributed by atoms with Gasteiger partial charge in [0, 0.05) is 37.0 Å². The highest BCUT2D eigenvalue weighted by molar-refractivity contribution is 6.31. The summed E-state index contributed by atoms with van der Waals surface area (Å²) in [7, 11) is 3.29. The fourth-order valence-corrected chi connectivity index (χ4v) is 1.92. The second kappa shape index (κ2) is 7.18. The summed E-state index contributed by atoms with van der Waals surface area (Å²) in [6, 6.07) is 5.00. The number of benzene rings is 1. The Morgan fingerprint density at radius 2 is 2.26 bits per heavy atom. The molecule has 0 fully saturated rings. The van der Waals surface area contributed by atoms with Crippen LogP contribution in [0.2, 0.25) is 5.02 Å². The summed E-state index contributed by atoms with van der Waals surface area (Å²) in [5, 5.41) is 22.0. The first-order valence-electron chi connectivity index (χ1n) is 5.65. The minimum Gasteiger partial charge on any atom is -0.409 e. The standard InChI is InChI=1S/C12H18ClN3O3/c1-16(6-9(17)7-19-2)11-5-8(13)3-4-10(11)12(14)15-18/h3-5,9,17-18H,6-7H2,1-2H3,(H2,14,15). The third-order valence-electron chi connectivity index (χ3n) is 2.60. The summed E-state index contributed by atoms with van der Waals surface area (Å²) < 4.78 is 4.87. The van der Waals surface area contributed by atoms with Gasteiger partial charge in [0.05, 0.1) is 12.7 Å². The summed E-state index contributed by atoms with van der Waals surface area (Å²) in [5.74, 6) is -0.0141. The molecule has 1 unspecified atom stereocenters. The Balaban J connectivity index is 3.00. The summed E-state index contributed by atoms with van der Waals surface area (Å²) in [5.41, 5.74) is 6.82. The van der Waals surface area contributed by atoms with Crippen molar-refractivity contribution < 1.29 is 15.1 Å². The van der Waals surface area contributed by atoms with Crippen molar-refractivity contribution in [1.29, 1.82) is 0 Å². The van der Waals surface area contributed by atoms with Gasteiger partial charge in [-0.2, -0.15) is 0 Å². The van der Waals surface area contributed by atoms with Crippen molar-refractivity contribution in [3.63, 3.8) is 0 Å². The van der Waals surface area contributed by atoms with Crippen molar-refractivity contribution in [1.82, 2.24) is 0 Å². The van der Waals surface area contributed by atoms with Gasteiger partial charge in [0.1, 0.15) is 0 Å². The number of aliphatic hydroxyl groups excluding tert-OH is 1. The van der Waals surface area contributed by atoms with Gasteiger partial charge in [0.2, 0.25) is 0 Å². The quantitative estimate of drug-likeness (QED) is 0.313. The van der Waals surface area contributed by atoms with Crippen LogP contribution in [0, 0.1) is 0 Å². The molecule has 7 heteroatoms. The number of nitrogens with two attached hydrogens (primary N) is 1. The molecule has 0 aliphatic heterocycles. The highest BCUT2D eigenvalue weighted by Gasteiger charge is 2.15. The zero-order chi connectivity index (χ0) is 14.4. The van der Waals surface area contributed by atoms with Gasteiger partial charge in [-0.15, -0.1) is 0 Å². The van der Waals surface area contributed by atoms with Gasteiger partial charge in [0.15, 0.2) is 5.84 Å². The molecule has 0 saturated heterocycles. The van der Waals surface area contributed by atoms with Crippen LogP contribution >= 0.6 is 11.6 Å². The van der Waals surface area contributed by atoms with Crippen LogP contribution in [0.1, 0.15) is 5.56 Å². The van der Waals surface area contributed by atoms with E-state index in [2.05, 4.69) is 5.16 Å². The van der Waals surface area contributed by atoms with E-state index in [1.807, 2.05) is 0 Å². The van der Waals surface area contributed by atoms with Gasteiger partial charge in [-0.1, -0.05) is 16.8 Å². The number of aliphatic hydroxyl groups is 1. The largest absolute Gasteiger partial charge is 0.409 e. The molecule has 0 amide bonds. The Morgan fingerprint density at radius 1 is 1.58 bits per heavy atom. The van der Waals surface area contributed by atoms with Gasteiger partial charge in [-0.05, 0) is 18.2 Å². The van der Waals surface area contributed by atoms with Gasteiger partial charge >= 0.3 is 0 Å². The monoisotopic (exact) mass is 287 g/mol. The Bertz CT molecular complexity index is 454. The summed E-state index contributed by atoms with van der Waals surface area (Å²) >= 11 is 5.95. The maximum absolute atomic E-state index is 9.73. The van der Waals surface area contributed by atoms with Crippen molar-refractivity contribution in [2.24, 2.45) is 10.9 Å².